The molecule has 0 aliphatic rings. The molecule has 0 radical (unpaired) electrons. The first-order valence-electron chi connectivity index (χ1n) is 8.68. The number of benzene rings is 1. The summed E-state index contributed by atoms with van der Waals surface area (Å²) in [7, 11) is 1.75. The Balaban J connectivity index is 0.00000420. The molecule has 1 aromatic carbocycles. The summed E-state index contributed by atoms with van der Waals surface area (Å²) in [5.74, 6) is 0.0606. The summed E-state index contributed by atoms with van der Waals surface area (Å²) in [6.07, 6.45) is -1.50. The van der Waals surface area contributed by atoms with Gasteiger partial charge in [0.1, 0.15) is 11.4 Å². The van der Waals surface area contributed by atoms with E-state index in [1.54, 1.807) is 37.1 Å². The highest BCUT2D eigenvalue weighted by Gasteiger charge is 2.32. The molecule has 0 aliphatic carbocycles. The number of nitrogens with zero attached hydrogens (tertiary/aromatic N) is 3. The molecule has 1 heterocycles. The van der Waals surface area contributed by atoms with Crippen LogP contribution in [-0.4, -0.2) is 40.3 Å². The van der Waals surface area contributed by atoms with E-state index in [-0.39, 0.29) is 48.4 Å². The summed E-state index contributed by atoms with van der Waals surface area (Å²) in [5, 5.41) is 20.7. The fraction of sp³-hybridized carbons (Fsp3) is 0.444. The van der Waals surface area contributed by atoms with Gasteiger partial charge in [0.25, 0.3) is 0 Å². The van der Waals surface area contributed by atoms with Crippen LogP contribution in [0.1, 0.15) is 25.0 Å². The molecule has 29 heavy (non-hydrogen) atoms. The first-order valence-corrected chi connectivity index (χ1v) is 8.68. The van der Waals surface area contributed by atoms with Gasteiger partial charge in [-0.2, -0.15) is 5.10 Å². The van der Waals surface area contributed by atoms with Crippen molar-refractivity contribution in [2.45, 2.75) is 32.4 Å². The van der Waals surface area contributed by atoms with Crippen LogP contribution >= 0.6 is 24.0 Å². The number of para-hydroxylation sites is 1. The maximum absolute atomic E-state index is 12.5. The molecule has 11 heteroatoms. The third kappa shape index (κ3) is 8.09. The average molecular weight is 527 g/mol. The molecule has 2 aromatic rings. The van der Waals surface area contributed by atoms with E-state index in [0.29, 0.717) is 18.1 Å². The number of halogens is 4. The van der Waals surface area contributed by atoms with Crippen molar-refractivity contribution in [1.29, 1.82) is 0 Å². The predicted molar refractivity (Wildman–Crippen MR) is 114 cm³/mol. The zero-order valence-corrected chi connectivity index (χ0v) is 18.7. The third-order valence-corrected chi connectivity index (χ3v) is 3.88. The van der Waals surface area contributed by atoms with E-state index in [9.17, 15) is 18.3 Å². The standard InChI is InChI=1S/C18H24F3N5O2.HI/c1-4-22-16(24-12-17(2,27)14-10-25-26(3)11-14)23-9-13-7-5-6-8-15(13)28-18(19,20)21;/h5-8,10-11,27H,4,9,12H2,1-3H3,(H2,22,23,24);1H. The van der Waals surface area contributed by atoms with E-state index in [0.717, 1.165) is 0 Å². The summed E-state index contributed by atoms with van der Waals surface area (Å²) in [6, 6.07) is 5.83. The van der Waals surface area contributed by atoms with Gasteiger partial charge in [-0.05, 0) is 19.9 Å². The van der Waals surface area contributed by atoms with Crippen LogP contribution in [0.2, 0.25) is 0 Å². The molecule has 2 rings (SSSR count). The molecule has 0 fully saturated rings. The number of hydrogen-bond donors (Lipinski definition) is 3. The molecule has 0 saturated carbocycles. The summed E-state index contributed by atoms with van der Waals surface area (Å²) in [6.45, 7) is 4.13. The fourth-order valence-corrected chi connectivity index (χ4v) is 2.42. The van der Waals surface area contributed by atoms with Crippen LogP contribution in [0.15, 0.2) is 41.7 Å². The second-order valence-corrected chi connectivity index (χ2v) is 6.38. The van der Waals surface area contributed by atoms with E-state index in [4.69, 9.17) is 0 Å². The van der Waals surface area contributed by atoms with E-state index < -0.39 is 12.0 Å². The lowest BCUT2D eigenvalue weighted by Gasteiger charge is -2.23. The number of aromatic nitrogens is 2. The van der Waals surface area contributed by atoms with Crippen molar-refractivity contribution >= 4 is 29.9 Å². The quantitative estimate of drug-likeness (QED) is 0.293. The van der Waals surface area contributed by atoms with Crippen molar-refractivity contribution in [2.75, 3.05) is 13.1 Å². The third-order valence-electron chi connectivity index (χ3n) is 3.88. The molecule has 0 amide bonds. The Labute approximate surface area is 184 Å². The van der Waals surface area contributed by atoms with Gasteiger partial charge in [-0.15, -0.1) is 37.1 Å². The second kappa shape index (κ2) is 10.7. The molecular formula is C18H25F3IN5O2. The first kappa shape index (κ1) is 25.0. The zero-order valence-electron chi connectivity index (χ0n) is 16.3. The zero-order chi connectivity index (χ0) is 20.8. The number of aryl methyl sites for hydroxylation is 1. The van der Waals surface area contributed by atoms with E-state index in [2.05, 4.69) is 25.5 Å². The van der Waals surface area contributed by atoms with Crippen molar-refractivity contribution in [3.8, 4) is 5.75 Å². The van der Waals surface area contributed by atoms with E-state index >= 15 is 0 Å². The predicted octanol–water partition coefficient (Wildman–Crippen LogP) is 2.90. The van der Waals surface area contributed by atoms with Crippen LogP contribution < -0.4 is 15.4 Å². The van der Waals surface area contributed by atoms with Crippen molar-refractivity contribution in [1.82, 2.24) is 20.4 Å². The van der Waals surface area contributed by atoms with Gasteiger partial charge in [-0.3, -0.25) is 4.68 Å². The Kier molecular flexibility index (Phi) is 9.20. The van der Waals surface area contributed by atoms with E-state index in [1.165, 1.54) is 18.2 Å². The van der Waals surface area contributed by atoms with Crippen molar-refractivity contribution < 1.29 is 23.0 Å². The number of hydrogen-bond acceptors (Lipinski definition) is 4. The minimum Gasteiger partial charge on any atom is -0.405 e. The van der Waals surface area contributed by atoms with Gasteiger partial charge in [0, 0.05) is 30.9 Å². The number of guanidine groups is 1. The monoisotopic (exact) mass is 527 g/mol. The Morgan fingerprint density at radius 1 is 1.28 bits per heavy atom. The van der Waals surface area contributed by atoms with Crippen LogP contribution in [-0.2, 0) is 19.2 Å². The molecule has 7 nitrogen and oxygen atoms in total. The molecule has 1 aromatic heterocycles. The number of rotatable bonds is 7. The number of aliphatic hydroxyl groups is 1. The Hall–Kier alpha value is -2.02. The lowest BCUT2D eigenvalue weighted by molar-refractivity contribution is -0.274. The summed E-state index contributed by atoms with van der Waals surface area (Å²) in [5.41, 5.74) is -0.291. The van der Waals surface area contributed by atoms with Crippen molar-refractivity contribution in [3.63, 3.8) is 0 Å². The topological polar surface area (TPSA) is 83.7 Å². The SMILES string of the molecule is CCNC(=NCc1ccccc1OC(F)(F)F)NCC(C)(O)c1cnn(C)c1.I. The second-order valence-electron chi connectivity index (χ2n) is 6.38. The van der Waals surface area contributed by atoms with Crippen LogP contribution in [0.4, 0.5) is 13.2 Å². The average Bonchev–Trinajstić information content (AvgIpc) is 3.05. The van der Waals surface area contributed by atoms with Crippen LogP contribution in [0.25, 0.3) is 0 Å². The smallest absolute Gasteiger partial charge is 0.405 e. The largest absolute Gasteiger partial charge is 0.573 e. The molecular weight excluding hydrogens is 502 g/mol. The minimum absolute atomic E-state index is 0. The molecule has 1 atom stereocenters. The molecule has 0 bridgehead atoms. The highest BCUT2D eigenvalue weighted by Crippen LogP contribution is 2.26. The van der Waals surface area contributed by atoms with Crippen molar-refractivity contribution in [2.24, 2.45) is 12.0 Å². The number of alkyl halides is 3. The highest BCUT2D eigenvalue weighted by atomic mass is 127. The molecule has 0 spiro atoms. The van der Waals surface area contributed by atoms with Gasteiger partial charge in [0.15, 0.2) is 5.96 Å². The number of ether oxygens (including phenoxy) is 1. The van der Waals surface area contributed by atoms with Crippen molar-refractivity contribution in [3.05, 3.63) is 47.8 Å². The van der Waals surface area contributed by atoms with Gasteiger partial charge in [-0.25, -0.2) is 4.99 Å². The van der Waals surface area contributed by atoms with Crippen LogP contribution in [0.3, 0.4) is 0 Å². The summed E-state index contributed by atoms with van der Waals surface area (Å²) >= 11 is 0. The molecule has 3 N–H and O–H groups in total. The fourth-order valence-electron chi connectivity index (χ4n) is 2.42. The Morgan fingerprint density at radius 2 is 1.97 bits per heavy atom. The maximum Gasteiger partial charge on any atom is 0.573 e. The number of nitrogens with one attached hydrogen (secondary N) is 2. The maximum atomic E-state index is 12.5. The molecule has 162 valence electrons. The normalized spacial score (nSPS) is 14.0. The highest BCUT2D eigenvalue weighted by molar-refractivity contribution is 14.0. The van der Waals surface area contributed by atoms with Gasteiger partial charge in [0.05, 0.1) is 19.3 Å². The Bertz CT molecular complexity index is 809. The summed E-state index contributed by atoms with van der Waals surface area (Å²) in [4.78, 5) is 4.29. The van der Waals surface area contributed by atoms with Gasteiger partial charge < -0.3 is 20.5 Å². The lowest BCUT2D eigenvalue weighted by Crippen LogP contribution is -2.44. The minimum atomic E-state index is -4.77. The number of aliphatic imine (C=N–C) groups is 1. The molecule has 1 unspecified atom stereocenters. The first-order chi connectivity index (χ1) is 13.1. The van der Waals surface area contributed by atoms with E-state index in [1.807, 2.05) is 6.92 Å². The van der Waals surface area contributed by atoms with Gasteiger partial charge in [-0.1, -0.05) is 18.2 Å². The molecule has 0 saturated heterocycles. The van der Waals surface area contributed by atoms with Gasteiger partial charge >= 0.3 is 6.36 Å². The van der Waals surface area contributed by atoms with Crippen LogP contribution in [0.5, 0.6) is 5.75 Å². The molecule has 0 aliphatic heterocycles. The summed E-state index contributed by atoms with van der Waals surface area (Å²) < 4.78 is 43.2. The van der Waals surface area contributed by atoms with Gasteiger partial charge in [0.2, 0.25) is 0 Å². The lowest BCUT2D eigenvalue weighted by atomic mass is 10.00. The Morgan fingerprint density at radius 3 is 2.55 bits per heavy atom. The van der Waals surface area contributed by atoms with Crippen LogP contribution in [0, 0.1) is 0 Å².